The summed E-state index contributed by atoms with van der Waals surface area (Å²) in [7, 11) is 0. The number of aryl methyl sites for hydroxylation is 1. The van der Waals surface area contributed by atoms with Gasteiger partial charge in [-0.25, -0.2) is 9.67 Å². The number of carbonyl (C=O) groups excluding carboxylic acids is 1. The molecule has 5 rings (SSSR count). The van der Waals surface area contributed by atoms with Crippen LogP contribution in [0.4, 0.5) is 5.69 Å². The second-order valence-corrected chi connectivity index (χ2v) is 7.36. The third kappa shape index (κ3) is 2.97. The first-order valence-electron chi connectivity index (χ1n) is 9.42. The van der Waals surface area contributed by atoms with E-state index in [2.05, 4.69) is 15.4 Å². The maximum atomic E-state index is 12.8. The summed E-state index contributed by atoms with van der Waals surface area (Å²) in [5.74, 6) is 1.07. The molecule has 0 atom stereocenters. The number of benzene rings is 2. The first-order chi connectivity index (χ1) is 13.6. The summed E-state index contributed by atoms with van der Waals surface area (Å²) in [5, 5.41) is 7.35. The van der Waals surface area contributed by atoms with E-state index in [1.54, 1.807) is 10.9 Å². The van der Waals surface area contributed by atoms with Crippen molar-refractivity contribution in [3.05, 3.63) is 71.4 Å². The van der Waals surface area contributed by atoms with Gasteiger partial charge in [0.25, 0.3) is 5.91 Å². The average molecular weight is 372 g/mol. The zero-order valence-corrected chi connectivity index (χ0v) is 15.8. The van der Waals surface area contributed by atoms with Crippen LogP contribution in [0.15, 0.2) is 53.1 Å². The van der Waals surface area contributed by atoms with Gasteiger partial charge >= 0.3 is 0 Å². The number of rotatable bonds is 4. The molecular weight excluding hydrogens is 352 g/mol. The normalized spacial score (nSPS) is 13.8. The van der Waals surface area contributed by atoms with Gasteiger partial charge < -0.3 is 9.73 Å². The molecule has 0 aliphatic heterocycles. The van der Waals surface area contributed by atoms with Gasteiger partial charge in [0.05, 0.1) is 23.1 Å². The third-order valence-electron chi connectivity index (χ3n) is 5.09. The standard InChI is InChI=1S/C22H20N4O2/c1-13-4-3-5-17(10-13)26-14(2)18(12-23-26)21(27)24-16-8-9-20-19(11-16)25-22(28-20)15-6-7-15/h3-5,8-12,15H,6-7H2,1-2H3,(H,24,27). The predicted molar refractivity (Wildman–Crippen MR) is 107 cm³/mol. The molecule has 4 aromatic rings. The van der Waals surface area contributed by atoms with Crippen molar-refractivity contribution in [1.82, 2.24) is 14.8 Å². The van der Waals surface area contributed by atoms with Crippen molar-refractivity contribution in [2.75, 3.05) is 5.32 Å². The van der Waals surface area contributed by atoms with Gasteiger partial charge in [-0.1, -0.05) is 12.1 Å². The Kier molecular flexibility index (Phi) is 3.79. The summed E-state index contributed by atoms with van der Waals surface area (Å²) in [6.07, 6.45) is 3.88. The molecule has 0 bridgehead atoms. The molecule has 0 unspecified atom stereocenters. The molecule has 28 heavy (non-hydrogen) atoms. The SMILES string of the molecule is Cc1cccc(-n2ncc(C(=O)Nc3ccc4oc(C5CC5)nc4c3)c2C)c1. The molecule has 0 radical (unpaired) electrons. The van der Waals surface area contributed by atoms with Gasteiger partial charge in [-0.05, 0) is 62.6 Å². The molecule has 6 nitrogen and oxygen atoms in total. The minimum absolute atomic E-state index is 0.193. The number of hydrogen-bond donors (Lipinski definition) is 1. The monoisotopic (exact) mass is 372 g/mol. The highest BCUT2D eigenvalue weighted by Crippen LogP contribution is 2.40. The molecule has 0 spiro atoms. The van der Waals surface area contributed by atoms with E-state index in [-0.39, 0.29) is 5.91 Å². The smallest absolute Gasteiger partial charge is 0.259 e. The lowest BCUT2D eigenvalue weighted by molar-refractivity contribution is 0.102. The Balaban J connectivity index is 1.40. The highest BCUT2D eigenvalue weighted by Gasteiger charge is 2.29. The Bertz CT molecular complexity index is 1200. The number of amides is 1. The van der Waals surface area contributed by atoms with Crippen LogP contribution in [-0.2, 0) is 0 Å². The Morgan fingerprint density at radius 3 is 2.82 bits per heavy atom. The lowest BCUT2D eigenvalue weighted by Crippen LogP contribution is -2.13. The van der Waals surface area contributed by atoms with E-state index >= 15 is 0 Å². The van der Waals surface area contributed by atoms with Crippen LogP contribution in [0.3, 0.4) is 0 Å². The van der Waals surface area contributed by atoms with Crippen LogP contribution in [-0.4, -0.2) is 20.7 Å². The van der Waals surface area contributed by atoms with Gasteiger partial charge in [0.15, 0.2) is 11.5 Å². The van der Waals surface area contributed by atoms with E-state index in [1.807, 2.05) is 56.3 Å². The predicted octanol–water partition coefficient (Wildman–Crippen LogP) is 4.76. The van der Waals surface area contributed by atoms with Gasteiger partial charge in [-0.15, -0.1) is 0 Å². The number of nitrogens with one attached hydrogen (secondary N) is 1. The van der Waals surface area contributed by atoms with Crippen LogP contribution in [0.2, 0.25) is 0 Å². The van der Waals surface area contributed by atoms with Gasteiger partial charge in [0.1, 0.15) is 5.52 Å². The minimum atomic E-state index is -0.193. The molecule has 2 heterocycles. The second-order valence-electron chi connectivity index (χ2n) is 7.36. The number of aromatic nitrogens is 3. The summed E-state index contributed by atoms with van der Waals surface area (Å²) in [5.41, 5.74) is 5.63. The van der Waals surface area contributed by atoms with E-state index in [4.69, 9.17) is 4.42 Å². The fourth-order valence-corrected chi connectivity index (χ4v) is 3.38. The Morgan fingerprint density at radius 1 is 1.18 bits per heavy atom. The van der Waals surface area contributed by atoms with Crippen molar-refractivity contribution in [3.63, 3.8) is 0 Å². The molecule has 1 aliphatic carbocycles. The molecule has 1 saturated carbocycles. The number of nitrogens with zero attached hydrogens (tertiary/aromatic N) is 3. The molecular formula is C22H20N4O2. The van der Waals surface area contributed by atoms with Crippen molar-refractivity contribution in [3.8, 4) is 5.69 Å². The van der Waals surface area contributed by atoms with E-state index in [9.17, 15) is 4.79 Å². The lowest BCUT2D eigenvalue weighted by atomic mass is 10.2. The number of oxazole rings is 1. The largest absolute Gasteiger partial charge is 0.440 e. The Labute approximate surface area is 162 Å². The zero-order chi connectivity index (χ0) is 19.3. The molecule has 1 N–H and O–H groups in total. The van der Waals surface area contributed by atoms with E-state index in [0.29, 0.717) is 17.2 Å². The van der Waals surface area contributed by atoms with Gasteiger partial charge in [0.2, 0.25) is 0 Å². The van der Waals surface area contributed by atoms with Crippen LogP contribution in [0.25, 0.3) is 16.8 Å². The first-order valence-corrected chi connectivity index (χ1v) is 9.42. The number of hydrogen-bond acceptors (Lipinski definition) is 4. The van der Waals surface area contributed by atoms with Gasteiger partial charge in [-0.2, -0.15) is 5.10 Å². The third-order valence-corrected chi connectivity index (χ3v) is 5.09. The van der Waals surface area contributed by atoms with Crippen molar-refractivity contribution in [1.29, 1.82) is 0 Å². The minimum Gasteiger partial charge on any atom is -0.440 e. The average Bonchev–Trinajstić information content (AvgIpc) is 3.33. The van der Waals surface area contributed by atoms with E-state index in [0.717, 1.165) is 46.8 Å². The summed E-state index contributed by atoms with van der Waals surface area (Å²) in [4.78, 5) is 17.3. The topological polar surface area (TPSA) is 73.0 Å². The van der Waals surface area contributed by atoms with Gasteiger partial charge in [0, 0.05) is 11.6 Å². The van der Waals surface area contributed by atoms with Crippen LogP contribution in [0, 0.1) is 13.8 Å². The quantitative estimate of drug-likeness (QED) is 0.560. The zero-order valence-electron chi connectivity index (χ0n) is 15.8. The molecule has 2 aromatic carbocycles. The van der Waals surface area contributed by atoms with Crippen LogP contribution in [0.1, 0.15) is 46.3 Å². The van der Waals surface area contributed by atoms with E-state index in [1.165, 1.54) is 0 Å². The van der Waals surface area contributed by atoms with Gasteiger partial charge in [-0.3, -0.25) is 4.79 Å². The number of anilines is 1. The van der Waals surface area contributed by atoms with Crippen LogP contribution >= 0.6 is 0 Å². The molecule has 6 heteroatoms. The number of fused-ring (bicyclic) bond motifs is 1. The molecule has 1 amide bonds. The Morgan fingerprint density at radius 2 is 2.04 bits per heavy atom. The van der Waals surface area contributed by atoms with E-state index < -0.39 is 0 Å². The summed E-state index contributed by atoms with van der Waals surface area (Å²) in [6, 6.07) is 13.6. The van der Waals surface area contributed by atoms with Crippen LogP contribution in [0.5, 0.6) is 0 Å². The molecule has 1 fully saturated rings. The summed E-state index contributed by atoms with van der Waals surface area (Å²) in [6.45, 7) is 3.93. The maximum Gasteiger partial charge on any atom is 0.259 e. The lowest BCUT2D eigenvalue weighted by Gasteiger charge is -2.07. The van der Waals surface area contributed by atoms with Crippen molar-refractivity contribution in [2.45, 2.75) is 32.6 Å². The van der Waals surface area contributed by atoms with Crippen molar-refractivity contribution < 1.29 is 9.21 Å². The highest BCUT2D eigenvalue weighted by atomic mass is 16.3. The molecule has 1 aliphatic rings. The fraction of sp³-hybridized carbons (Fsp3) is 0.227. The fourth-order valence-electron chi connectivity index (χ4n) is 3.38. The second kappa shape index (κ2) is 6.34. The summed E-state index contributed by atoms with van der Waals surface area (Å²) >= 11 is 0. The highest BCUT2D eigenvalue weighted by molar-refractivity contribution is 6.05. The molecule has 140 valence electrons. The van der Waals surface area contributed by atoms with Crippen LogP contribution < -0.4 is 5.32 Å². The number of carbonyl (C=O) groups is 1. The molecule has 2 aromatic heterocycles. The van der Waals surface area contributed by atoms with Crippen molar-refractivity contribution >= 4 is 22.7 Å². The maximum absolute atomic E-state index is 12.8. The molecule has 0 saturated heterocycles. The van der Waals surface area contributed by atoms with Crippen molar-refractivity contribution in [2.24, 2.45) is 0 Å². The Hall–Kier alpha value is -3.41. The summed E-state index contributed by atoms with van der Waals surface area (Å²) < 4.78 is 7.56. The first kappa shape index (κ1) is 16.7.